The van der Waals surface area contributed by atoms with E-state index in [9.17, 15) is 0 Å². The summed E-state index contributed by atoms with van der Waals surface area (Å²) >= 11 is 6.48. The van der Waals surface area contributed by atoms with Crippen LogP contribution in [0.2, 0.25) is 5.02 Å². The summed E-state index contributed by atoms with van der Waals surface area (Å²) in [5, 5.41) is 4.99. The van der Waals surface area contributed by atoms with Crippen LogP contribution >= 0.6 is 11.6 Å². The van der Waals surface area contributed by atoms with Crippen LogP contribution < -0.4 is 0 Å². The Bertz CT molecular complexity index is 884. The molecule has 3 fully saturated rings. The Labute approximate surface area is 176 Å². The molecule has 6 heteroatoms. The molecule has 156 valence electrons. The van der Waals surface area contributed by atoms with E-state index in [1.165, 1.54) is 0 Å². The molecular formula is C23H28ClNO4. The van der Waals surface area contributed by atoms with Crippen LogP contribution in [0.3, 0.4) is 0 Å². The minimum Gasteiger partial charge on any atom is -0.373 e. The Kier molecular flexibility index (Phi) is 4.98. The van der Waals surface area contributed by atoms with E-state index in [2.05, 4.69) is 12.1 Å². The van der Waals surface area contributed by atoms with Crippen molar-refractivity contribution in [1.82, 2.24) is 5.16 Å². The lowest BCUT2D eigenvalue weighted by atomic mass is 9.79. The Balaban J connectivity index is 1.34. The molecule has 0 radical (unpaired) electrons. The fraction of sp³-hybridized carbons (Fsp3) is 0.609. The third-order valence-electron chi connectivity index (χ3n) is 7.14. The van der Waals surface area contributed by atoms with Crippen molar-refractivity contribution >= 4 is 11.6 Å². The minimum absolute atomic E-state index is 0.197. The number of rotatable bonds is 4. The summed E-state index contributed by atoms with van der Waals surface area (Å²) < 4.78 is 24.2. The van der Waals surface area contributed by atoms with Crippen LogP contribution in [0.5, 0.6) is 0 Å². The van der Waals surface area contributed by atoms with Crippen molar-refractivity contribution in [2.75, 3.05) is 13.2 Å². The molecule has 29 heavy (non-hydrogen) atoms. The molecule has 0 amide bonds. The van der Waals surface area contributed by atoms with Crippen molar-refractivity contribution in [3.8, 4) is 11.3 Å². The first-order valence-corrected chi connectivity index (χ1v) is 11.0. The number of hydrogen-bond donors (Lipinski definition) is 0. The van der Waals surface area contributed by atoms with Crippen LogP contribution in [0, 0.1) is 31.6 Å². The molecule has 1 spiro atoms. The molecule has 2 aromatic rings. The van der Waals surface area contributed by atoms with Crippen molar-refractivity contribution in [2.45, 2.75) is 58.5 Å². The van der Waals surface area contributed by atoms with Gasteiger partial charge in [-0.3, -0.25) is 0 Å². The fourth-order valence-corrected chi connectivity index (χ4v) is 6.06. The summed E-state index contributed by atoms with van der Waals surface area (Å²) in [6, 6.07) is 5.88. The van der Waals surface area contributed by atoms with Gasteiger partial charge in [-0.1, -0.05) is 35.8 Å². The summed E-state index contributed by atoms with van der Waals surface area (Å²) in [7, 11) is 0. The van der Waals surface area contributed by atoms with E-state index in [1.807, 2.05) is 32.0 Å². The highest BCUT2D eigenvalue weighted by Crippen LogP contribution is 2.57. The quantitative estimate of drug-likeness (QED) is 0.675. The zero-order chi connectivity index (χ0) is 20.2. The van der Waals surface area contributed by atoms with E-state index in [1.54, 1.807) is 0 Å². The van der Waals surface area contributed by atoms with Gasteiger partial charge in [-0.2, -0.15) is 0 Å². The third-order valence-corrected chi connectivity index (χ3v) is 7.45. The first kappa shape index (κ1) is 19.6. The molecule has 4 atom stereocenters. The summed E-state index contributed by atoms with van der Waals surface area (Å²) in [6.07, 6.45) is 3.30. The van der Waals surface area contributed by atoms with Gasteiger partial charge in [-0.05, 0) is 50.7 Å². The van der Waals surface area contributed by atoms with Gasteiger partial charge in [0.2, 0.25) is 0 Å². The SMILES string of the molecule is Cc1cccc(Cl)c1-c1noc(C)c1COC1CC2CC(C)C(C1)C21OCCO1. The number of aryl methyl sites for hydroxylation is 2. The fourth-order valence-electron chi connectivity index (χ4n) is 5.75. The molecule has 4 unspecified atom stereocenters. The number of aromatic nitrogens is 1. The molecule has 2 aliphatic carbocycles. The lowest BCUT2D eigenvalue weighted by molar-refractivity contribution is -0.241. The van der Waals surface area contributed by atoms with Gasteiger partial charge < -0.3 is 18.7 Å². The van der Waals surface area contributed by atoms with Gasteiger partial charge >= 0.3 is 0 Å². The average molecular weight is 418 g/mol. The van der Waals surface area contributed by atoms with E-state index in [0.29, 0.717) is 42.6 Å². The van der Waals surface area contributed by atoms with E-state index in [4.69, 9.17) is 30.3 Å². The first-order chi connectivity index (χ1) is 14.0. The summed E-state index contributed by atoms with van der Waals surface area (Å²) in [6.45, 7) is 8.20. The molecule has 2 heterocycles. The molecule has 1 aromatic carbocycles. The number of ether oxygens (including phenoxy) is 3. The van der Waals surface area contributed by atoms with Crippen LogP contribution in [-0.4, -0.2) is 30.3 Å². The second-order valence-corrected chi connectivity index (χ2v) is 9.24. The molecule has 1 aromatic heterocycles. The largest absolute Gasteiger partial charge is 0.373 e. The standard InChI is InChI=1S/C23H28ClNO4/c1-13-5-4-6-20(24)21(13)22-18(15(3)29-25-22)12-26-17-10-16-9-14(2)19(11-17)23(16)27-7-8-28-23/h4-6,14,16-17,19H,7-12H2,1-3H3. The average Bonchev–Trinajstić information content (AvgIpc) is 3.33. The van der Waals surface area contributed by atoms with Crippen molar-refractivity contribution in [2.24, 2.45) is 17.8 Å². The van der Waals surface area contributed by atoms with E-state index >= 15 is 0 Å². The normalized spacial score (nSPS) is 30.3. The predicted octanol–water partition coefficient (Wildman–Crippen LogP) is 5.31. The molecule has 3 aliphatic rings. The maximum atomic E-state index is 6.48. The third kappa shape index (κ3) is 3.14. The van der Waals surface area contributed by atoms with Gasteiger partial charge in [0, 0.05) is 23.0 Å². The molecule has 0 N–H and O–H groups in total. The highest BCUT2D eigenvalue weighted by atomic mass is 35.5. The smallest absolute Gasteiger partial charge is 0.174 e. The topological polar surface area (TPSA) is 53.7 Å². The maximum absolute atomic E-state index is 6.48. The highest BCUT2D eigenvalue weighted by Gasteiger charge is 2.61. The van der Waals surface area contributed by atoms with Crippen LogP contribution in [0.1, 0.15) is 43.1 Å². The zero-order valence-electron chi connectivity index (χ0n) is 17.2. The number of benzene rings is 1. The Morgan fingerprint density at radius 2 is 1.97 bits per heavy atom. The van der Waals surface area contributed by atoms with Crippen LogP contribution in [-0.2, 0) is 20.8 Å². The van der Waals surface area contributed by atoms with Gasteiger partial charge in [-0.15, -0.1) is 0 Å². The number of nitrogens with zero attached hydrogens (tertiary/aromatic N) is 1. The molecular weight excluding hydrogens is 390 g/mol. The van der Waals surface area contributed by atoms with Crippen LogP contribution in [0.15, 0.2) is 22.7 Å². The Morgan fingerprint density at radius 3 is 2.69 bits per heavy atom. The van der Waals surface area contributed by atoms with Gasteiger partial charge in [0.15, 0.2) is 5.79 Å². The van der Waals surface area contributed by atoms with Crippen LogP contribution in [0.4, 0.5) is 0 Å². The Hall–Kier alpha value is -1.40. The minimum atomic E-state index is -0.355. The summed E-state index contributed by atoms with van der Waals surface area (Å²) in [5.74, 6) is 1.85. The van der Waals surface area contributed by atoms with Crippen molar-refractivity contribution in [1.29, 1.82) is 0 Å². The van der Waals surface area contributed by atoms with Gasteiger partial charge in [0.1, 0.15) is 11.5 Å². The number of halogens is 1. The van der Waals surface area contributed by atoms with Gasteiger partial charge in [0.05, 0.1) is 30.9 Å². The van der Waals surface area contributed by atoms with Crippen molar-refractivity contribution in [3.05, 3.63) is 40.1 Å². The molecule has 1 saturated heterocycles. The first-order valence-electron chi connectivity index (χ1n) is 10.6. The van der Waals surface area contributed by atoms with Crippen LogP contribution in [0.25, 0.3) is 11.3 Å². The van der Waals surface area contributed by atoms with E-state index in [-0.39, 0.29) is 11.9 Å². The second-order valence-electron chi connectivity index (χ2n) is 8.84. The molecule has 5 nitrogen and oxygen atoms in total. The van der Waals surface area contributed by atoms with E-state index in [0.717, 1.165) is 47.4 Å². The lowest BCUT2D eigenvalue weighted by Crippen LogP contribution is -2.48. The molecule has 1 aliphatic heterocycles. The highest BCUT2D eigenvalue weighted by molar-refractivity contribution is 6.33. The second kappa shape index (κ2) is 7.38. The van der Waals surface area contributed by atoms with Gasteiger partial charge in [0.25, 0.3) is 0 Å². The zero-order valence-corrected chi connectivity index (χ0v) is 18.0. The summed E-state index contributed by atoms with van der Waals surface area (Å²) in [4.78, 5) is 0. The Morgan fingerprint density at radius 1 is 1.17 bits per heavy atom. The van der Waals surface area contributed by atoms with Crippen molar-refractivity contribution in [3.63, 3.8) is 0 Å². The van der Waals surface area contributed by atoms with Gasteiger partial charge in [-0.25, -0.2) is 0 Å². The summed E-state index contributed by atoms with van der Waals surface area (Å²) in [5.41, 5.74) is 3.77. The monoisotopic (exact) mass is 417 g/mol. The molecule has 5 rings (SSSR count). The molecule has 2 bridgehead atoms. The van der Waals surface area contributed by atoms with Crippen molar-refractivity contribution < 1.29 is 18.7 Å². The maximum Gasteiger partial charge on any atom is 0.174 e. The van der Waals surface area contributed by atoms with E-state index < -0.39 is 0 Å². The lowest BCUT2D eigenvalue weighted by Gasteiger charge is -2.42. The predicted molar refractivity (Wildman–Crippen MR) is 110 cm³/mol. The molecule has 2 saturated carbocycles. The number of hydrogen-bond acceptors (Lipinski definition) is 5.